The molecule has 0 aliphatic heterocycles. The quantitative estimate of drug-likeness (QED) is 0.144. The van der Waals surface area contributed by atoms with Crippen molar-refractivity contribution in [2.75, 3.05) is 0 Å². The minimum absolute atomic E-state index is 0.201. The summed E-state index contributed by atoms with van der Waals surface area (Å²) < 4.78 is 38.5. The molecule has 4 aromatic carbocycles. The van der Waals surface area contributed by atoms with Crippen LogP contribution in [0.15, 0.2) is 163 Å². The average molecular weight is 811 g/mol. The molecule has 12 heteroatoms. The molecule has 5 aromatic heterocycles. The highest BCUT2D eigenvalue weighted by molar-refractivity contribution is 7.10. The van der Waals surface area contributed by atoms with Crippen LogP contribution < -0.4 is 0 Å². The number of hydrogen-bond donors (Lipinski definition) is 0. The third kappa shape index (κ3) is 11.7. The Kier molecular flexibility index (Phi) is 13.4. The Morgan fingerprint density at radius 1 is 0.386 bits per heavy atom. The van der Waals surface area contributed by atoms with Crippen molar-refractivity contribution >= 4 is 34.0 Å². The maximum Gasteiger partial charge on any atom is 0.123 e. The van der Waals surface area contributed by atoms with E-state index in [0.717, 1.165) is 78.3 Å². The lowest BCUT2D eigenvalue weighted by Crippen LogP contribution is -1.88. The van der Waals surface area contributed by atoms with Crippen LogP contribution in [0, 0.1) is 17.5 Å². The molecule has 0 aliphatic carbocycles. The van der Waals surface area contributed by atoms with Gasteiger partial charge in [0.15, 0.2) is 0 Å². The zero-order valence-corrected chi connectivity index (χ0v) is 32.7. The van der Waals surface area contributed by atoms with E-state index in [1.807, 2.05) is 41.1 Å². The van der Waals surface area contributed by atoms with E-state index in [1.165, 1.54) is 42.7 Å². The van der Waals surface area contributed by atoms with Crippen LogP contribution in [0.1, 0.15) is 31.7 Å². The predicted molar refractivity (Wildman–Crippen MR) is 224 cm³/mol. The van der Waals surface area contributed by atoms with Crippen molar-refractivity contribution < 1.29 is 13.2 Å². The van der Waals surface area contributed by atoms with Gasteiger partial charge in [0.25, 0.3) is 0 Å². The number of benzene rings is 4. The van der Waals surface area contributed by atoms with Gasteiger partial charge in [-0.2, -0.15) is 0 Å². The zero-order chi connectivity index (χ0) is 39.2. The van der Waals surface area contributed by atoms with Gasteiger partial charge < -0.3 is 0 Å². The van der Waals surface area contributed by atoms with Crippen molar-refractivity contribution in [2.24, 2.45) is 0 Å². The molecule has 0 unspecified atom stereocenters. The van der Waals surface area contributed by atoms with E-state index in [2.05, 4.69) is 47.4 Å². The van der Waals surface area contributed by atoms with E-state index in [9.17, 15) is 13.2 Å². The highest BCUT2D eigenvalue weighted by Crippen LogP contribution is 2.25. The molecule has 5 heterocycles. The summed E-state index contributed by atoms with van der Waals surface area (Å²) in [5.74, 6) is -0.628. The van der Waals surface area contributed by atoms with E-state index >= 15 is 0 Å². The molecular formula is C45H33F3N6S3. The molecule has 57 heavy (non-hydrogen) atoms. The number of aromatic nitrogens is 6. The molecule has 282 valence electrons. The number of pyridine rings is 1. The average Bonchev–Trinajstić information content (AvgIpc) is 4.05. The van der Waals surface area contributed by atoms with Crippen LogP contribution in [-0.4, -0.2) is 29.9 Å². The Balaban J connectivity index is 0.000000131. The molecule has 0 aliphatic rings. The SMILES string of the molecule is Fc1ccc(Cc2nc(-c3ccccc3)cs2)cc1.Fc1ccc(Cc2nc(-c3cccnc3)cs2)cc1.Fc1ccc(Cc2nc(-c3cncnc3)cs2)cc1. The third-order valence-corrected chi connectivity index (χ3v) is 10.9. The van der Waals surface area contributed by atoms with Gasteiger partial charge >= 0.3 is 0 Å². The zero-order valence-electron chi connectivity index (χ0n) is 30.3. The summed E-state index contributed by atoms with van der Waals surface area (Å²) in [6.07, 6.45) is 10.7. The van der Waals surface area contributed by atoms with E-state index < -0.39 is 0 Å². The van der Waals surface area contributed by atoms with Crippen molar-refractivity contribution in [1.29, 1.82) is 0 Å². The van der Waals surface area contributed by atoms with Gasteiger partial charge in [-0.25, -0.2) is 38.1 Å². The molecule has 0 fully saturated rings. The molecule has 0 bridgehead atoms. The van der Waals surface area contributed by atoms with Crippen LogP contribution in [0.3, 0.4) is 0 Å². The van der Waals surface area contributed by atoms with E-state index in [-0.39, 0.29) is 17.5 Å². The lowest BCUT2D eigenvalue weighted by Gasteiger charge is -1.98. The van der Waals surface area contributed by atoms with Crippen LogP contribution in [-0.2, 0) is 19.3 Å². The monoisotopic (exact) mass is 810 g/mol. The van der Waals surface area contributed by atoms with Crippen LogP contribution >= 0.6 is 34.0 Å². The topological polar surface area (TPSA) is 77.3 Å². The minimum Gasteiger partial charge on any atom is -0.264 e. The Morgan fingerprint density at radius 2 is 0.772 bits per heavy atom. The summed E-state index contributed by atoms with van der Waals surface area (Å²) in [5.41, 5.74) is 9.06. The van der Waals surface area contributed by atoms with Gasteiger partial charge in [0.2, 0.25) is 0 Å². The molecule has 0 N–H and O–H groups in total. The highest BCUT2D eigenvalue weighted by Gasteiger charge is 2.08. The van der Waals surface area contributed by atoms with Gasteiger partial charge in [0, 0.05) is 76.9 Å². The number of rotatable bonds is 9. The standard InChI is InChI=1S/C16H12FNS.C15H11FN2S.C14H10FN3S/c17-14-8-6-12(7-9-14)10-16-18-15(11-19-16)13-4-2-1-3-5-13;16-13-5-3-11(4-6-13)8-15-18-14(10-19-15)12-2-1-7-17-9-12;15-12-3-1-10(2-4-12)5-14-18-13(8-19-14)11-6-16-9-17-7-11/h1-9,11H,10H2;1-7,9-10H,8H2;1-4,6-9H,5H2. The van der Waals surface area contributed by atoms with Crippen LogP contribution in [0.4, 0.5) is 13.2 Å². The summed E-state index contributed by atoms with van der Waals surface area (Å²) in [6.45, 7) is 0. The lowest BCUT2D eigenvalue weighted by atomic mass is 10.1. The molecule has 9 rings (SSSR count). The summed E-state index contributed by atoms with van der Waals surface area (Å²) in [7, 11) is 0. The summed E-state index contributed by atoms with van der Waals surface area (Å²) in [6, 6.07) is 33.6. The van der Waals surface area contributed by atoms with Gasteiger partial charge in [0.05, 0.1) is 32.1 Å². The van der Waals surface area contributed by atoms with E-state index in [4.69, 9.17) is 0 Å². The lowest BCUT2D eigenvalue weighted by molar-refractivity contribution is 0.627. The summed E-state index contributed by atoms with van der Waals surface area (Å²) in [5, 5.41) is 9.13. The van der Waals surface area contributed by atoms with Crippen LogP contribution in [0.5, 0.6) is 0 Å². The normalized spacial score (nSPS) is 10.6. The number of thiazole rings is 3. The second-order valence-corrected chi connectivity index (χ2v) is 15.4. The second kappa shape index (κ2) is 19.6. The maximum atomic E-state index is 12.8. The summed E-state index contributed by atoms with van der Waals surface area (Å²) in [4.78, 5) is 25.8. The number of nitrogens with zero attached hydrogens (tertiary/aromatic N) is 6. The maximum absolute atomic E-state index is 12.8. The van der Waals surface area contributed by atoms with Crippen molar-refractivity contribution in [3.63, 3.8) is 0 Å². The Morgan fingerprint density at radius 3 is 1.19 bits per heavy atom. The largest absolute Gasteiger partial charge is 0.264 e. The fraction of sp³-hybridized carbons (Fsp3) is 0.0667. The van der Waals surface area contributed by atoms with Crippen molar-refractivity contribution in [3.8, 4) is 33.8 Å². The van der Waals surface area contributed by atoms with Crippen molar-refractivity contribution in [3.05, 3.63) is 212 Å². The molecule has 9 aromatic rings. The molecular weight excluding hydrogens is 778 g/mol. The number of halogens is 3. The van der Waals surface area contributed by atoms with Crippen molar-refractivity contribution in [1.82, 2.24) is 29.9 Å². The van der Waals surface area contributed by atoms with E-state index in [1.54, 1.807) is 95.2 Å². The fourth-order valence-corrected chi connectivity index (χ4v) is 7.97. The molecule has 0 spiro atoms. The van der Waals surface area contributed by atoms with Crippen LogP contribution in [0.25, 0.3) is 33.8 Å². The first-order valence-corrected chi connectivity index (χ1v) is 20.3. The molecule has 0 saturated heterocycles. The second-order valence-electron chi connectivity index (χ2n) is 12.5. The minimum atomic E-state index is -0.218. The van der Waals surface area contributed by atoms with Gasteiger partial charge in [-0.3, -0.25) is 4.98 Å². The Hall–Kier alpha value is -6.21. The first kappa shape index (κ1) is 39.0. The first-order valence-electron chi connectivity index (χ1n) is 17.7. The van der Waals surface area contributed by atoms with Gasteiger partial charge in [-0.1, -0.05) is 66.7 Å². The Bertz CT molecular complexity index is 2270. The van der Waals surface area contributed by atoms with Crippen LogP contribution in [0.2, 0.25) is 0 Å². The summed E-state index contributed by atoms with van der Waals surface area (Å²) >= 11 is 4.83. The highest BCUT2D eigenvalue weighted by atomic mass is 32.1. The van der Waals surface area contributed by atoms with Gasteiger partial charge in [-0.05, 0) is 65.2 Å². The molecule has 0 radical (unpaired) electrons. The van der Waals surface area contributed by atoms with Gasteiger partial charge in [-0.15, -0.1) is 34.0 Å². The number of hydrogen-bond acceptors (Lipinski definition) is 9. The molecule has 0 saturated carbocycles. The van der Waals surface area contributed by atoms with E-state index in [0.29, 0.717) is 6.42 Å². The first-order chi connectivity index (χ1) is 27.9. The third-order valence-electron chi connectivity index (χ3n) is 8.34. The fourth-order valence-electron chi connectivity index (χ4n) is 5.46. The Labute approximate surface area is 340 Å². The molecule has 0 atom stereocenters. The smallest absolute Gasteiger partial charge is 0.123 e. The van der Waals surface area contributed by atoms with Crippen molar-refractivity contribution in [2.45, 2.75) is 19.3 Å². The predicted octanol–water partition coefficient (Wildman–Crippen LogP) is 11.8. The molecule has 6 nitrogen and oxygen atoms in total. The van der Waals surface area contributed by atoms with Gasteiger partial charge in [0.1, 0.15) is 23.8 Å². The molecule has 0 amide bonds.